The van der Waals surface area contributed by atoms with E-state index in [0.717, 1.165) is 44.0 Å². The van der Waals surface area contributed by atoms with Crippen molar-refractivity contribution in [3.63, 3.8) is 0 Å². The highest BCUT2D eigenvalue weighted by molar-refractivity contribution is 5.58. The quantitative estimate of drug-likeness (QED) is 0.604. The first kappa shape index (κ1) is 20.9. The number of nitrogens with two attached hydrogens (primary N) is 1. The molecule has 3 N–H and O–H groups in total. The highest BCUT2D eigenvalue weighted by Gasteiger charge is 2.19. The van der Waals surface area contributed by atoms with E-state index in [2.05, 4.69) is 55.2 Å². The van der Waals surface area contributed by atoms with Gasteiger partial charge in [-0.05, 0) is 42.3 Å². The predicted octanol–water partition coefficient (Wildman–Crippen LogP) is 3.09. The first-order valence-electron chi connectivity index (χ1n) is 10.6. The number of benzene rings is 2. The summed E-state index contributed by atoms with van der Waals surface area (Å²) in [7, 11) is 1.69. The molecule has 0 radical (unpaired) electrons. The van der Waals surface area contributed by atoms with E-state index in [-0.39, 0.29) is 5.95 Å². The monoisotopic (exact) mass is 419 g/mol. The lowest BCUT2D eigenvalue weighted by molar-refractivity contribution is 0.244. The molecule has 1 saturated heterocycles. The van der Waals surface area contributed by atoms with Crippen molar-refractivity contribution in [1.29, 1.82) is 0 Å². The largest absolute Gasteiger partial charge is 0.497 e. The van der Waals surface area contributed by atoms with E-state index in [9.17, 15) is 0 Å². The number of para-hydroxylation sites is 1. The van der Waals surface area contributed by atoms with E-state index in [4.69, 9.17) is 10.5 Å². The van der Waals surface area contributed by atoms with Crippen molar-refractivity contribution in [3.8, 4) is 5.75 Å². The van der Waals surface area contributed by atoms with Gasteiger partial charge in [-0.3, -0.25) is 4.90 Å². The van der Waals surface area contributed by atoms with Gasteiger partial charge in [-0.25, -0.2) is 0 Å². The summed E-state index contributed by atoms with van der Waals surface area (Å²) in [6, 6.07) is 16.4. The van der Waals surface area contributed by atoms with Crippen LogP contribution in [0, 0.1) is 0 Å². The zero-order valence-electron chi connectivity index (χ0n) is 18.1. The summed E-state index contributed by atoms with van der Waals surface area (Å²) in [6.07, 6.45) is 0.926. The SMILES string of the molecule is CCc1ccccc1Nc1nc(N)nc(CN2CCN(c3ccc(OC)cc3)CC2)n1. The number of aryl methyl sites for hydroxylation is 1. The number of methoxy groups -OCH3 is 1. The van der Waals surface area contributed by atoms with Crippen molar-refractivity contribution in [2.75, 3.05) is 49.2 Å². The number of nitrogens with zero attached hydrogens (tertiary/aromatic N) is 5. The summed E-state index contributed by atoms with van der Waals surface area (Å²) in [5.74, 6) is 2.28. The molecule has 162 valence electrons. The smallest absolute Gasteiger partial charge is 0.232 e. The molecule has 8 nitrogen and oxygen atoms in total. The van der Waals surface area contributed by atoms with Gasteiger partial charge < -0.3 is 20.7 Å². The maximum Gasteiger partial charge on any atom is 0.232 e. The number of anilines is 4. The molecule has 0 unspecified atom stereocenters. The summed E-state index contributed by atoms with van der Waals surface area (Å²) in [5, 5.41) is 3.30. The lowest BCUT2D eigenvalue weighted by atomic mass is 10.1. The topological polar surface area (TPSA) is 92.4 Å². The Hall–Kier alpha value is -3.39. The third-order valence-electron chi connectivity index (χ3n) is 5.52. The number of rotatable bonds is 7. The summed E-state index contributed by atoms with van der Waals surface area (Å²) in [6.45, 7) is 6.52. The highest BCUT2D eigenvalue weighted by Crippen LogP contribution is 2.22. The lowest BCUT2D eigenvalue weighted by Gasteiger charge is -2.35. The molecule has 1 fully saturated rings. The zero-order valence-corrected chi connectivity index (χ0v) is 18.1. The minimum atomic E-state index is 0.235. The van der Waals surface area contributed by atoms with Gasteiger partial charge in [0.05, 0.1) is 13.7 Å². The van der Waals surface area contributed by atoms with Crippen LogP contribution in [0.1, 0.15) is 18.3 Å². The molecule has 1 aromatic heterocycles. The van der Waals surface area contributed by atoms with Gasteiger partial charge in [0.25, 0.3) is 0 Å². The molecular weight excluding hydrogens is 390 g/mol. The van der Waals surface area contributed by atoms with Gasteiger partial charge in [-0.2, -0.15) is 15.0 Å². The van der Waals surface area contributed by atoms with E-state index >= 15 is 0 Å². The van der Waals surface area contributed by atoms with Crippen LogP contribution in [0.2, 0.25) is 0 Å². The molecule has 4 rings (SSSR count). The lowest BCUT2D eigenvalue weighted by Crippen LogP contribution is -2.46. The summed E-state index contributed by atoms with van der Waals surface area (Å²) in [5.41, 5.74) is 9.39. The Labute approximate surface area is 183 Å². The molecule has 31 heavy (non-hydrogen) atoms. The molecule has 3 aromatic rings. The van der Waals surface area contributed by atoms with Gasteiger partial charge in [0.15, 0.2) is 0 Å². The number of hydrogen-bond donors (Lipinski definition) is 2. The number of hydrogen-bond acceptors (Lipinski definition) is 8. The van der Waals surface area contributed by atoms with E-state index in [1.165, 1.54) is 11.3 Å². The molecule has 0 atom stereocenters. The van der Waals surface area contributed by atoms with Crippen LogP contribution < -0.4 is 20.7 Å². The van der Waals surface area contributed by atoms with Gasteiger partial charge in [0, 0.05) is 37.6 Å². The number of piperazine rings is 1. The first-order valence-corrected chi connectivity index (χ1v) is 10.6. The second-order valence-corrected chi connectivity index (χ2v) is 7.53. The summed E-state index contributed by atoms with van der Waals surface area (Å²) in [4.78, 5) is 18.0. The Kier molecular flexibility index (Phi) is 6.47. The van der Waals surface area contributed by atoms with Crippen LogP contribution in [-0.4, -0.2) is 53.1 Å². The van der Waals surface area contributed by atoms with Crippen molar-refractivity contribution in [3.05, 3.63) is 59.9 Å². The van der Waals surface area contributed by atoms with Crippen LogP contribution in [0.4, 0.5) is 23.3 Å². The third kappa shape index (κ3) is 5.21. The highest BCUT2D eigenvalue weighted by atomic mass is 16.5. The molecule has 0 saturated carbocycles. The van der Waals surface area contributed by atoms with Gasteiger partial charge in [-0.15, -0.1) is 0 Å². The molecule has 0 amide bonds. The van der Waals surface area contributed by atoms with E-state index < -0.39 is 0 Å². The average Bonchev–Trinajstić information content (AvgIpc) is 2.80. The van der Waals surface area contributed by atoms with Crippen LogP contribution in [0.15, 0.2) is 48.5 Å². The minimum Gasteiger partial charge on any atom is -0.497 e. The van der Waals surface area contributed by atoms with Gasteiger partial charge in [0.2, 0.25) is 11.9 Å². The molecular formula is C23H29N7O. The van der Waals surface area contributed by atoms with E-state index in [1.54, 1.807) is 7.11 Å². The Bertz CT molecular complexity index is 1000. The molecule has 0 spiro atoms. The van der Waals surface area contributed by atoms with Crippen molar-refractivity contribution in [2.45, 2.75) is 19.9 Å². The number of aromatic nitrogens is 3. The fraction of sp³-hybridized carbons (Fsp3) is 0.348. The van der Waals surface area contributed by atoms with Crippen molar-refractivity contribution >= 4 is 23.3 Å². The third-order valence-corrected chi connectivity index (χ3v) is 5.52. The zero-order chi connectivity index (χ0) is 21.6. The number of nitrogens with one attached hydrogen (secondary N) is 1. The van der Waals surface area contributed by atoms with E-state index in [0.29, 0.717) is 18.3 Å². The van der Waals surface area contributed by atoms with Gasteiger partial charge in [0.1, 0.15) is 11.6 Å². The molecule has 0 bridgehead atoms. The van der Waals surface area contributed by atoms with Crippen LogP contribution in [0.25, 0.3) is 0 Å². The maximum atomic E-state index is 5.97. The van der Waals surface area contributed by atoms with Crippen molar-refractivity contribution in [1.82, 2.24) is 19.9 Å². The molecule has 1 aliphatic heterocycles. The molecule has 2 heterocycles. The van der Waals surface area contributed by atoms with Crippen LogP contribution >= 0.6 is 0 Å². The first-order chi connectivity index (χ1) is 15.1. The Morgan fingerprint density at radius 2 is 1.71 bits per heavy atom. The Morgan fingerprint density at radius 1 is 0.968 bits per heavy atom. The van der Waals surface area contributed by atoms with Crippen LogP contribution in [0.3, 0.4) is 0 Å². The van der Waals surface area contributed by atoms with Gasteiger partial charge >= 0.3 is 0 Å². The van der Waals surface area contributed by atoms with E-state index in [1.807, 2.05) is 30.3 Å². The summed E-state index contributed by atoms with van der Waals surface area (Å²) >= 11 is 0. The molecule has 2 aromatic carbocycles. The van der Waals surface area contributed by atoms with Crippen LogP contribution in [0.5, 0.6) is 5.75 Å². The average molecular weight is 420 g/mol. The normalized spacial score (nSPS) is 14.5. The van der Waals surface area contributed by atoms with Crippen molar-refractivity contribution < 1.29 is 4.74 Å². The molecule has 0 aliphatic carbocycles. The fourth-order valence-electron chi connectivity index (χ4n) is 3.79. The predicted molar refractivity (Wildman–Crippen MR) is 124 cm³/mol. The van der Waals surface area contributed by atoms with Crippen molar-refractivity contribution in [2.24, 2.45) is 0 Å². The van der Waals surface area contributed by atoms with Crippen LogP contribution in [-0.2, 0) is 13.0 Å². The second kappa shape index (κ2) is 9.61. The number of nitrogen functional groups attached to an aromatic ring is 1. The minimum absolute atomic E-state index is 0.235. The standard InChI is InChI=1S/C23H29N7O/c1-3-17-6-4-5-7-20(17)25-23-27-21(26-22(24)28-23)16-29-12-14-30(15-13-29)18-8-10-19(31-2)11-9-18/h4-11H,3,12-16H2,1-2H3,(H3,24,25,26,27,28). The summed E-state index contributed by atoms with van der Waals surface area (Å²) < 4.78 is 5.25. The fourth-order valence-corrected chi connectivity index (χ4v) is 3.79. The second-order valence-electron chi connectivity index (χ2n) is 7.53. The molecule has 1 aliphatic rings. The van der Waals surface area contributed by atoms with Gasteiger partial charge in [-0.1, -0.05) is 25.1 Å². The maximum absolute atomic E-state index is 5.97. The Morgan fingerprint density at radius 3 is 2.42 bits per heavy atom. The Balaban J connectivity index is 1.38. The number of ether oxygens (including phenoxy) is 1. The molecule has 8 heteroatoms.